The fraction of sp³-hybridized carbons (Fsp3) is 0.381. The first-order valence-electron chi connectivity index (χ1n) is 9.32. The van der Waals surface area contributed by atoms with Gasteiger partial charge < -0.3 is 10.1 Å². The molecule has 0 bridgehead atoms. The quantitative estimate of drug-likeness (QED) is 0.653. The maximum Gasteiger partial charge on any atom is 0.407 e. The summed E-state index contributed by atoms with van der Waals surface area (Å²) in [5.74, 6) is -0.180. The maximum absolute atomic E-state index is 12.5. The first-order valence-corrected chi connectivity index (χ1v) is 11.8. The summed E-state index contributed by atoms with van der Waals surface area (Å²) in [5.41, 5.74) is 1.09. The van der Waals surface area contributed by atoms with Crippen LogP contribution < -0.4 is 5.32 Å². The van der Waals surface area contributed by atoms with Gasteiger partial charge in [0.1, 0.15) is 6.61 Å². The van der Waals surface area contributed by atoms with Crippen molar-refractivity contribution in [2.24, 2.45) is 5.41 Å². The highest BCUT2D eigenvalue weighted by molar-refractivity contribution is 8.13. The van der Waals surface area contributed by atoms with E-state index in [1.54, 1.807) is 0 Å². The van der Waals surface area contributed by atoms with Gasteiger partial charge in [-0.2, -0.15) is 0 Å². The minimum absolute atomic E-state index is 0.148. The normalized spacial score (nSPS) is 17.0. The Morgan fingerprint density at radius 3 is 2.18 bits per heavy atom. The lowest BCUT2D eigenvalue weighted by atomic mass is 9.77. The smallest absolute Gasteiger partial charge is 0.407 e. The van der Waals surface area contributed by atoms with E-state index < -0.39 is 26.6 Å². The molecule has 1 atom stereocenters. The van der Waals surface area contributed by atoms with Crippen molar-refractivity contribution >= 4 is 25.8 Å². The highest BCUT2D eigenvalue weighted by Gasteiger charge is 2.46. The van der Waals surface area contributed by atoms with Gasteiger partial charge in [0.05, 0.1) is 11.8 Å². The monoisotopic (exact) mass is 421 g/mol. The second kappa shape index (κ2) is 8.97. The van der Waals surface area contributed by atoms with E-state index in [1.807, 2.05) is 60.7 Å². The molecule has 3 rings (SSSR count). The number of hydrogen-bond donors (Lipinski definition) is 1. The van der Waals surface area contributed by atoms with Gasteiger partial charge in [0.15, 0.2) is 0 Å². The van der Waals surface area contributed by atoms with Crippen molar-refractivity contribution in [1.29, 1.82) is 0 Å². The third-order valence-electron chi connectivity index (χ3n) is 5.28. The molecule has 150 valence electrons. The van der Waals surface area contributed by atoms with Crippen LogP contribution in [0.3, 0.4) is 0 Å². The van der Waals surface area contributed by atoms with E-state index in [4.69, 9.17) is 15.4 Å². The molecule has 7 heteroatoms. The van der Waals surface area contributed by atoms with Gasteiger partial charge in [0.25, 0.3) is 0 Å². The molecule has 0 radical (unpaired) electrons. The average molecular weight is 422 g/mol. The molecule has 5 nitrogen and oxygen atoms in total. The van der Waals surface area contributed by atoms with Crippen molar-refractivity contribution in [3.63, 3.8) is 0 Å². The Bertz CT molecular complexity index is 881. The molecule has 1 N–H and O–H groups in total. The van der Waals surface area contributed by atoms with Crippen LogP contribution in [0.25, 0.3) is 0 Å². The third kappa shape index (κ3) is 5.49. The number of amides is 1. The standard InChI is InChI=1S/C21H24ClNO4S/c22-28(25,26)16-21(13-7-8-14-21)19(18-11-5-2-6-12-18)23-20(24)27-15-17-9-3-1-4-10-17/h1-6,9-12,19H,7-8,13-16H2,(H,23,24). The van der Waals surface area contributed by atoms with Crippen molar-refractivity contribution in [3.05, 3.63) is 71.8 Å². The van der Waals surface area contributed by atoms with E-state index in [0.29, 0.717) is 12.8 Å². The van der Waals surface area contributed by atoms with Crippen LogP contribution in [-0.4, -0.2) is 20.3 Å². The van der Waals surface area contributed by atoms with Crippen LogP contribution in [0.4, 0.5) is 4.79 Å². The van der Waals surface area contributed by atoms with Crippen molar-refractivity contribution in [2.75, 3.05) is 5.75 Å². The zero-order valence-corrected chi connectivity index (χ0v) is 17.1. The van der Waals surface area contributed by atoms with Gasteiger partial charge in [-0.1, -0.05) is 73.5 Å². The van der Waals surface area contributed by atoms with Gasteiger partial charge in [0, 0.05) is 16.1 Å². The van der Waals surface area contributed by atoms with Crippen molar-refractivity contribution in [3.8, 4) is 0 Å². The number of carbonyl (C=O) groups excluding carboxylic acids is 1. The minimum atomic E-state index is -3.73. The van der Waals surface area contributed by atoms with E-state index in [0.717, 1.165) is 24.0 Å². The predicted molar refractivity (Wildman–Crippen MR) is 109 cm³/mol. The summed E-state index contributed by atoms with van der Waals surface area (Å²) in [7, 11) is 1.91. The van der Waals surface area contributed by atoms with Gasteiger partial charge in [-0.25, -0.2) is 13.2 Å². The molecule has 0 spiro atoms. The number of halogens is 1. The molecule has 0 aromatic heterocycles. The zero-order chi connectivity index (χ0) is 20.0. The lowest BCUT2D eigenvalue weighted by Gasteiger charge is -2.37. The molecular formula is C21H24ClNO4S. The van der Waals surface area contributed by atoms with Crippen LogP contribution in [0, 0.1) is 5.41 Å². The largest absolute Gasteiger partial charge is 0.445 e. The second-order valence-corrected chi connectivity index (χ2v) is 10.1. The summed E-state index contributed by atoms with van der Waals surface area (Å²) in [6, 6.07) is 18.3. The first kappa shape index (κ1) is 20.7. The van der Waals surface area contributed by atoms with E-state index in [2.05, 4.69) is 5.32 Å². The number of hydrogen-bond acceptors (Lipinski definition) is 4. The molecule has 28 heavy (non-hydrogen) atoms. The summed E-state index contributed by atoms with van der Waals surface area (Å²) < 4.78 is 29.3. The Labute approximate surface area is 170 Å². The van der Waals surface area contributed by atoms with Crippen LogP contribution in [-0.2, 0) is 20.4 Å². The second-order valence-electron chi connectivity index (χ2n) is 7.30. The summed E-state index contributed by atoms with van der Waals surface area (Å²) in [6.07, 6.45) is 2.58. The first-order chi connectivity index (χ1) is 13.4. The maximum atomic E-state index is 12.5. The van der Waals surface area contributed by atoms with E-state index in [9.17, 15) is 13.2 Å². The number of rotatable bonds is 7. The van der Waals surface area contributed by atoms with Gasteiger partial charge >= 0.3 is 6.09 Å². The Kier molecular flexibility index (Phi) is 6.62. The van der Waals surface area contributed by atoms with E-state index in [-0.39, 0.29) is 12.4 Å². The lowest BCUT2D eigenvalue weighted by molar-refractivity contribution is 0.122. The summed E-state index contributed by atoms with van der Waals surface area (Å²) in [4.78, 5) is 12.5. The molecule has 1 aliphatic rings. The molecule has 0 aliphatic heterocycles. The van der Waals surface area contributed by atoms with Crippen LogP contribution >= 0.6 is 10.7 Å². The van der Waals surface area contributed by atoms with Gasteiger partial charge in [-0.3, -0.25) is 0 Å². The third-order valence-corrected chi connectivity index (χ3v) is 6.53. The number of benzene rings is 2. The Morgan fingerprint density at radius 1 is 1.04 bits per heavy atom. The molecule has 1 aliphatic carbocycles. The number of ether oxygens (including phenoxy) is 1. The number of alkyl carbamates (subject to hydrolysis) is 1. The molecule has 2 aromatic rings. The van der Waals surface area contributed by atoms with Gasteiger partial charge in [0.2, 0.25) is 9.05 Å². The summed E-state index contributed by atoms with van der Waals surface area (Å²) >= 11 is 0. The van der Waals surface area contributed by atoms with E-state index in [1.165, 1.54) is 0 Å². The number of nitrogens with one attached hydrogen (secondary N) is 1. The molecule has 1 amide bonds. The van der Waals surface area contributed by atoms with Crippen molar-refractivity contribution < 1.29 is 17.9 Å². The fourth-order valence-electron chi connectivity index (χ4n) is 4.06. The summed E-state index contributed by atoms with van der Waals surface area (Å²) in [6.45, 7) is 0.148. The lowest BCUT2D eigenvalue weighted by Crippen LogP contribution is -2.43. The summed E-state index contributed by atoms with van der Waals surface area (Å²) in [5, 5.41) is 2.92. The van der Waals surface area contributed by atoms with Crippen molar-refractivity contribution in [2.45, 2.75) is 38.3 Å². The highest BCUT2D eigenvalue weighted by atomic mass is 35.7. The van der Waals surface area contributed by atoms with Crippen LogP contribution in [0.15, 0.2) is 60.7 Å². The van der Waals surface area contributed by atoms with E-state index >= 15 is 0 Å². The van der Waals surface area contributed by atoms with Crippen LogP contribution in [0.1, 0.15) is 42.9 Å². The Morgan fingerprint density at radius 2 is 1.61 bits per heavy atom. The molecule has 2 aromatic carbocycles. The SMILES string of the molecule is O=C(NC(c1ccccc1)C1(CS(=O)(=O)Cl)CCCC1)OCc1ccccc1. The Balaban J connectivity index is 1.82. The average Bonchev–Trinajstić information content (AvgIpc) is 3.13. The highest BCUT2D eigenvalue weighted by Crippen LogP contribution is 2.49. The van der Waals surface area contributed by atoms with Gasteiger partial charge in [-0.05, 0) is 24.0 Å². The van der Waals surface area contributed by atoms with Gasteiger partial charge in [-0.15, -0.1) is 0 Å². The minimum Gasteiger partial charge on any atom is -0.445 e. The molecule has 1 fully saturated rings. The zero-order valence-electron chi connectivity index (χ0n) is 15.5. The van der Waals surface area contributed by atoms with Crippen LogP contribution in [0.5, 0.6) is 0 Å². The number of carbonyl (C=O) groups is 1. The Hall–Kier alpha value is -2.05. The molecule has 1 saturated carbocycles. The molecular weight excluding hydrogens is 398 g/mol. The van der Waals surface area contributed by atoms with Crippen molar-refractivity contribution in [1.82, 2.24) is 5.32 Å². The topological polar surface area (TPSA) is 72.5 Å². The molecule has 0 saturated heterocycles. The fourth-order valence-corrected chi connectivity index (χ4v) is 5.85. The van der Waals surface area contributed by atoms with Crippen LogP contribution in [0.2, 0.25) is 0 Å². The molecule has 1 unspecified atom stereocenters. The molecule has 0 heterocycles. The predicted octanol–water partition coefficient (Wildman–Crippen LogP) is 4.78.